The lowest BCUT2D eigenvalue weighted by Gasteiger charge is -2.27. The van der Waals surface area contributed by atoms with Gasteiger partial charge in [-0.05, 0) is 52.9 Å². The minimum atomic E-state index is -3.60. The Balaban J connectivity index is 1.72. The van der Waals surface area contributed by atoms with Crippen LogP contribution in [0.1, 0.15) is 18.4 Å². The Morgan fingerprint density at radius 1 is 1.17 bits per heavy atom. The summed E-state index contributed by atoms with van der Waals surface area (Å²) in [6.45, 7) is 2.17. The molecule has 0 N–H and O–H groups in total. The number of amides is 1. The van der Waals surface area contributed by atoms with Crippen molar-refractivity contribution < 1.29 is 17.9 Å². The third kappa shape index (κ3) is 2.79. The molecule has 1 aliphatic carbocycles. The van der Waals surface area contributed by atoms with E-state index >= 15 is 0 Å². The number of nitrogens with zero attached hydrogens (tertiary/aromatic N) is 2. The highest BCUT2D eigenvalue weighted by molar-refractivity contribution is 9.10. The smallest absolute Gasteiger partial charge is 0.244 e. The van der Waals surface area contributed by atoms with Gasteiger partial charge < -0.3 is 9.64 Å². The second kappa shape index (κ2) is 6.09. The van der Waals surface area contributed by atoms with Crippen LogP contribution >= 0.6 is 15.9 Å². The zero-order chi connectivity index (χ0) is 16.9. The van der Waals surface area contributed by atoms with Crippen LogP contribution < -0.4 is 4.90 Å². The van der Waals surface area contributed by atoms with E-state index in [1.807, 2.05) is 6.07 Å². The molecule has 1 saturated carbocycles. The normalized spacial score (nSPS) is 21.8. The van der Waals surface area contributed by atoms with Crippen molar-refractivity contribution in [3.8, 4) is 0 Å². The maximum Gasteiger partial charge on any atom is 0.244 e. The molecule has 0 unspecified atom stereocenters. The van der Waals surface area contributed by atoms with E-state index < -0.39 is 10.0 Å². The van der Waals surface area contributed by atoms with Gasteiger partial charge in [-0.3, -0.25) is 4.79 Å². The number of rotatable bonds is 3. The van der Waals surface area contributed by atoms with E-state index in [0.29, 0.717) is 37.3 Å². The number of benzene rings is 1. The molecule has 1 aromatic rings. The fourth-order valence-corrected chi connectivity index (χ4v) is 5.77. The Morgan fingerprint density at radius 2 is 1.88 bits per heavy atom. The van der Waals surface area contributed by atoms with Crippen LogP contribution in [0, 0.1) is 5.92 Å². The summed E-state index contributed by atoms with van der Waals surface area (Å²) in [6, 6.07) is 3.51. The molecule has 2 fully saturated rings. The van der Waals surface area contributed by atoms with Gasteiger partial charge >= 0.3 is 0 Å². The summed E-state index contributed by atoms with van der Waals surface area (Å²) >= 11 is 3.41. The third-order valence-corrected chi connectivity index (χ3v) is 7.67. The van der Waals surface area contributed by atoms with Gasteiger partial charge in [0.2, 0.25) is 15.9 Å². The van der Waals surface area contributed by atoms with Crippen LogP contribution in [0.2, 0.25) is 0 Å². The molecule has 8 heteroatoms. The van der Waals surface area contributed by atoms with Crippen LogP contribution in [0.15, 0.2) is 21.5 Å². The summed E-state index contributed by atoms with van der Waals surface area (Å²) < 4.78 is 33.2. The Kier molecular flexibility index (Phi) is 4.19. The predicted molar refractivity (Wildman–Crippen MR) is 92.5 cm³/mol. The highest BCUT2D eigenvalue weighted by Crippen LogP contribution is 2.40. The number of fused-ring (bicyclic) bond motifs is 1. The van der Waals surface area contributed by atoms with E-state index in [1.54, 1.807) is 11.0 Å². The SMILES string of the molecule is O=C(C1CC1)N1CCc2cc(Br)c(S(=O)(=O)N3CCOCC3)cc21. The molecule has 130 valence electrons. The first-order valence-electron chi connectivity index (χ1n) is 8.20. The van der Waals surface area contributed by atoms with E-state index in [9.17, 15) is 13.2 Å². The molecule has 4 rings (SSSR count). The maximum absolute atomic E-state index is 13.0. The van der Waals surface area contributed by atoms with E-state index in [1.165, 1.54) is 4.31 Å². The number of hydrogen-bond donors (Lipinski definition) is 0. The van der Waals surface area contributed by atoms with Gasteiger partial charge in [0.05, 0.1) is 18.1 Å². The summed E-state index contributed by atoms with van der Waals surface area (Å²) in [6.07, 6.45) is 2.66. The van der Waals surface area contributed by atoms with Gasteiger partial charge in [0.15, 0.2) is 0 Å². The molecule has 2 aliphatic heterocycles. The van der Waals surface area contributed by atoms with Crippen molar-refractivity contribution in [2.24, 2.45) is 5.92 Å². The number of halogens is 1. The molecule has 1 amide bonds. The number of anilines is 1. The summed E-state index contributed by atoms with van der Waals surface area (Å²) in [7, 11) is -3.60. The molecule has 6 nitrogen and oxygen atoms in total. The number of carbonyl (C=O) groups excluding carboxylic acids is 1. The van der Waals surface area contributed by atoms with Gasteiger partial charge in [-0.15, -0.1) is 0 Å². The van der Waals surface area contributed by atoms with Crippen molar-refractivity contribution in [2.45, 2.75) is 24.2 Å². The van der Waals surface area contributed by atoms with Crippen molar-refractivity contribution in [1.29, 1.82) is 0 Å². The van der Waals surface area contributed by atoms with Gasteiger partial charge in [-0.25, -0.2) is 8.42 Å². The lowest BCUT2D eigenvalue weighted by molar-refractivity contribution is -0.119. The van der Waals surface area contributed by atoms with Crippen molar-refractivity contribution in [3.63, 3.8) is 0 Å². The lowest BCUT2D eigenvalue weighted by atomic mass is 10.2. The van der Waals surface area contributed by atoms with Crippen molar-refractivity contribution in [1.82, 2.24) is 4.31 Å². The van der Waals surface area contributed by atoms with Crippen molar-refractivity contribution in [3.05, 3.63) is 22.2 Å². The molecule has 3 aliphatic rings. The molecule has 24 heavy (non-hydrogen) atoms. The van der Waals surface area contributed by atoms with Crippen molar-refractivity contribution >= 4 is 37.5 Å². The summed E-state index contributed by atoms with van der Waals surface area (Å²) in [5.41, 5.74) is 1.78. The molecule has 0 bridgehead atoms. The molecule has 1 aromatic carbocycles. The Hall–Kier alpha value is -0.960. The number of ether oxygens (including phenoxy) is 1. The van der Waals surface area contributed by atoms with E-state index in [0.717, 1.165) is 30.5 Å². The molecule has 1 saturated heterocycles. The standard InChI is InChI=1S/C16H19BrN2O4S/c17-13-9-12-3-4-19(16(20)11-1-2-11)14(12)10-15(13)24(21,22)18-5-7-23-8-6-18/h9-11H,1-8H2. The summed E-state index contributed by atoms with van der Waals surface area (Å²) in [5, 5.41) is 0. The van der Waals surface area contributed by atoms with E-state index in [-0.39, 0.29) is 16.7 Å². The average molecular weight is 415 g/mol. The minimum absolute atomic E-state index is 0.124. The number of carbonyl (C=O) groups is 1. The number of sulfonamides is 1. The monoisotopic (exact) mass is 414 g/mol. The number of morpholine rings is 1. The molecule has 0 radical (unpaired) electrons. The van der Waals surface area contributed by atoms with Crippen molar-refractivity contribution in [2.75, 3.05) is 37.7 Å². The van der Waals surface area contributed by atoms with Gasteiger partial charge in [0, 0.05) is 35.7 Å². The largest absolute Gasteiger partial charge is 0.379 e. The molecular formula is C16H19BrN2O4S. The Bertz CT molecular complexity index is 786. The average Bonchev–Trinajstić information content (AvgIpc) is 3.35. The highest BCUT2D eigenvalue weighted by atomic mass is 79.9. The topological polar surface area (TPSA) is 66.9 Å². The van der Waals surface area contributed by atoms with Crippen LogP contribution in [0.5, 0.6) is 0 Å². The zero-order valence-electron chi connectivity index (χ0n) is 13.2. The van der Waals surface area contributed by atoms with Crippen LogP contribution in [-0.4, -0.2) is 51.5 Å². The van der Waals surface area contributed by atoms with Crippen LogP contribution in [0.25, 0.3) is 0 Å². The van der Waals surface area contributed by atoms with E-state index in [4.69, 9.17) is 4.74 Å². The molecule has 0 spiro atoms. The molecule has 2 heterocycles. The zero-order valence-corrected chi connectivity index (χ0v) is 15.6. The summed E-state index contributed by atoms with van der Waals surface area (Å²) in [4.78, 5) is 14.5. The molecule has 0 aromatic heterocycles. The van der Waals surface area contributed by atoms with Crippen LogP contribution in [0.3, 0.4) is 0 Å². The van der Waals surface area contributed by atoms with Gasteiger partial charge in [-0.2, -0.15) is 4.31 Å². The number of hydrogen-bond acceptors (Lipinski definition) is 4. The first-order valence-corrected chi connectivity index (χ1v) is 10.4. The first kappa shape index (κ1) is 16.5. The molecular weight excluding hydrogens is 396 g/mol. The second-order valence-corrected chi connectivity index (χ2v) is 9.20. The van der Waals surface area contributed by atoms with Crippen LogP contribution in [0.4, 0.5) is 5.69 Å². The molecule has 0 atom stereocenters. The van der Waals surface area contributed by atoms with Gasteiger partial charge in [0.1, 0.15) is 0 Å². The predicted octanol–water partition coefficient (Wildman–Crippen LogP) is 1.77. The quantitative estimate of drug-likeness (QED) is 0.755. The Morgan fingerprint density at radius 3 is 2.54 bits per heavy atom. The fourth-order valence-electron chi connectivity index (χ4n) is 3.29. The third-order valence-electron chi connectivity index (χ3n) is 4.81. The Labute approximate surface area is 149 Å². The second-order valence-electron chi connectivity index (χ2n) is 6.44. The van der Waals surface area contributed by atoms with Crippen LogP contribution in [-0.2, 0) is 26.0 Å². The van der Waals surface area contributed by atoms with E-state index in [2.05, 4.69) is 15.9 Å². The summed E-state index contributed by atoms with van der Waals surface area (Å²) in [5.74, 6) is 0.254. The highest BCUT2D eigenvalue weighted by Gasteiger charge is 2.38. The maximum atomic E-state index is 13.0. The lowest BCUT2D eigenvalue weighted by Crippen LogP contribution is -2.40. The first-order chi connectivity index (χ1) is 11.5. The van der Waals surface area contributed by atoms with Gasteiger partial charge in [0.25, 0.3) is 0 Å². The minimum Gasteiger partial charge on any atom is -0.379 e. The fraction of sp³-hybridized carbons (Fsp3) is 0.562. The van der Waals surface area contributed by atoms with Gasteiger partial charge in [-0.1, -0.05) is 0 Å².